The SMILES string of the molecule is CN(CC(=O)N1CCC(C(=O)O)CC1)c1cccc(F)c1. The van der Waals surface area contributed by atoms with Crippen LogP contribution >= 0.6 is 0 Å². The molecular formula is C15H19FN2O3. The normalized spacial score (nSPS) is 15.8. The van der Waals surface area contributed by atoms with Crippen molar-refractivity contribution in [2.75, 3.05) is 31.6 Å². The first-order chi connectivity index (χ1) is 9.97. The summed E-state index contributed by atoms with van der Waals surface area (Å²) in [4.78, 5) is 26.4. The fourth-order valence-corrected chi connectivity index (χ4v) is 2.48. The number of carboxylic acids is 1. The standard InChI is InChI=1S/C15H19FN2O3/c1-17(13-4-2-3-12(16)9-13)10-14(19)18-7-5-11(6-8-18)15(20)21/h2-4,9,11H,5-8,10H2,1H3,(H,20,21). The fourth-order valence-electron chi connectivity index (χ4n) is 2.48. The topological polar surface area (TPSA) is 60.9 Å². The average Bonchev–Trinajstić information content (AvgIpc) is 2.47. The molecule has 1 aliphatic rings. The molecule has 1 aliphatic heterocycles. The van der Waals surface area contributed by atoms with Crippen molar-refractivity contribution >= 4 is 17.6 Å². The number of carboxylic acid groups (broad SMARTS) is 1. The van der Waals surface area contributed by atoms with Gasteiger partial charge in [-0.2, -0.15) is 0 Å². The molecule has 0 spiro atoms. The molecule has 0 aliphatic carbocycles. The van der Waals surface area contributed by atoms with Gasteiger partial charge in [0.25, 0.3) is 0 Å². The molecule has 1 aromatic rings. The molecular weight excluding hydrogens is 275 g/mol. The van der Waals surface area contributed by atoms with Crippen molar-refractivity contribution < 1.29 is 19.1 Å². The molecule has 0 saturated carbocycles. The van der Waals surface area contributed by atoms with Crippen molar-refractivity contribution in [3.8, 4) is 0 Å². The summed E-state index contributed by atoms with van der Waals surface area (Å²) in [6, 6.07) is 6.08. The summed E-state index contributed by atoms with van der Waals surface area (Å²) in [5.74, 6) is -1.55. The predicted octanol–water partition coefficient (Wildman–Crippen LogP) is 1.59. The number of amides is 1. The van der Waals surface area contributed by atoms with Crippen LogP contribution in [-0.4, -0.2) is 48.6 Å². The summed E-state index contributed by atoms with van der Waals surface area (Å²) in [5.41, 5.74) is 0.642. The van der Waals surface area contributed by atoms with E-state index in [9.17, 15) is 14.0 Å². The number of nitrogens with zero attached hydrogens (tertiary/aromatic N) is 2. The Bertz CT molecular complexity index is 527. The molecule has 21 heavy (non-hydrogen) atoms. The zero-order valence-electron chi connectivity index (χ0n) is 12.0. The molecule has 1 N–H and O–H groups in total. The molecule has 1 fully saturated rings. The van der Waals surface area contributed by atoms with E-state index in [1.807, 2.05) is 0 Å². The number of carbonyl (C=O) groups is 2. The average molecular weight is 294 g/mol. The van der Waals surface area contributed by atoms with Crippen LogP contribution in [0.3, 0.4) is 0 Å². The minimum absolute atomic E-state index is 0.0643. The van der Waals surface area contributed by atoms with Gasteiger partial charge >= 0.3 is 5.97 Å². The van der Waals surface area contributed by atoms with Crippen LogP contribution in [0.2, 0.25) is 0 Å². The zero-order chi connectivity index (χ0) is 15.4. The number of likely N-dealkylation sites (N-methyl/N-ethyl adjacent to an activating group) is 1. The van der Waals surface area contributed by atoms with E-state index < -0.39 is 5.97 Å². The fraction of sp³-hybridized carbons (Fsp3) is 0.467. The maximum Gasteiger partial charge on any atom is 0.306 e. The highest BCUT2D eigenvalue weighted by molar-refractivity contribution is 5.81. The lowest BCUT2D eigenvalue weighted by Gasteiger charge is -2.31. The van der Waals surface area contributed by atoms with E-state index in [2.05, 4.69) is 0 Å². The van der Waals surface area contributed by atoms with Crippen LogP contribution < -0.4 is 4.90 Å². The molecule has 2 rings (SSSR count). The minimum Gasteiger partial charge on any atom is -0.481 e. The smallest absolute Gasteiger partial charge is 0.306 e. The van der Waals surface area contributed by atoms with Gasteiger partial charge in [0.1, 0.15) is 5.82 Å². The third-order valence-corrected chi connectivity index (χ3v) is 3.82. The number of rotatable bonds is 4. The van der Waals surface area contributed by atoms with E-state index in [1.165, 1.54) is 12.1 Å². The maximum atomic E-state index is 13.2. The highest BCUT2D eigenvalue weighted by Crippen LogP contribution is 2.18. The summed E-state index contributed by atoms with van der Waals surface area (Å²) < 4.78 is 13.2. The van der Waals surface area contributed by atoms with Crippen LogP contribution in [0.1, 0.15) is 12.8 Å². The predicted molar refractivity (Wildman–Crippen MR) is 76.6 cm³/mol. The summed E-state index contributed by atoms with van der Waals surface area (Å²) >= 11 is 0. The maximum absolute atomic E-state index is 13.2. The van der Waals surface area contributed by atoms with Crippen molar-refractivity contribution in [3.63, 3.8) is 0 Å². The van der Waals surface area contributed by atoms with Crippen molar-refractivity contribution in [3.05, 3.63) is 30.1 Å². The Labute approximate surface area is 123 Å². The number of likely N-dealkylation sites (tertiary alicyclic amines) is 1. The minimum atomic E-state index is -0.793. The van der Waals surface area contributed by atoms with Crippen molar-refractivity contribution in [2.45, 2.75) is 12.8 Å². The van der Waals surface area contributed by atoms with Gasteiger partial charge in [-0.05, 0) is 31.0 Å². The van der Waals surface area contributed by atoms with E-state index in [0.717, 1.165) is 0 Å². The highest BCUT2D eigenvalue weighted by Gasteiger charge is 2.27. The lowest BCUT2D eigenvalue weighted by Crippen LogP contribution is -2.44. The number of aliphatic carboxylic acids is 1. The Morgan fingerprint density at radius 3 is 2.62 bits per heavy atom. The molecule has 1 heterocycles. The quantitative estimate of drug-likeness (QED) is 0.916. The molecule has 5 nitrogen and oxygen atoms in total. The van der Waals surface area contributed by atoms with Crippen LogP contribution in [0, 0.1) is 11.7 Å². The number of piperidine rings is 1. The second-order valence-electron chi connectivity index (χ2n) is 5.33. The van der Waals surface area contributed by atoms with Crippen molar-refractivity contribution in [2.24, 2.45) is 5.92 Å². The second kappa shape index (κ2) is 6.56. The third-order valence-electron chi connectivity index (χ3n) is 3.82. The van der Waals surface area contributed by atoms with Gasteiger partial charge in [-0.15, -0.1) is 0 Å². The molecule has 114 valence electrons. The molecule has 0 radical (unpaired) electrons. The second-order valence-corrected chi connectivity index (χ2v) is 5.33. The largest absolute Gasteiger partial charge is 0.481 e. The van der Waals surface area contributed by atoms with Gasteiger partial charge in [0.15, 0.2) is 0 Å². The first-order valence-corrected chi connectivity index (χ1v) is 6.94. The number of halogens is 1. The molecule has 1 aromatic carbocycles. The van der Waals surface area contributed by atoms with E-state index in [1.54, 1.807) is 29.0 Å². The van der Waals surface area contributed by atoms with Gasteiger partial charge in [-0.3, -0.25) is 9.59 Å². The monoisotopic (exact) mass is 294 g/mol. The van der Waals surface area contributed by atoms with Crippen LogP contribution in [0.4, 0.5) is 10.1 Å². The highest BCUT2D eigenvalue weighted by atomic mass is 19.1. The van der Waals surface area contributed by atoms with Gasteiger partial charge in [-0.25, -0.2) is 4.39 Å². The Morgan fingerprint density at radius 1 is 1.38 bits per heavy atom. The lowest BCUT2D eigenvalue weighted by atomic mass is 9.97. The molecule has 0 bridgehead atoms. The Hall–Kier alpha value is -2.11. The molecule has 0 atom stereocenters. The molecule has 6 heteroatoms. The Morgan fingerprint density at radius 2 is 2.05 bits per heavy atom. The number of hydrogen-bond acceptors (Lipinski definition) is 3. The summed E-state index contributed by atoms with van der Waals surface area (Å²) in [6.07, 6.45) is 0.982. The van der Waals surface area contributed by atoms with E-state index in [-0.39, 0.29) is 24.2 Å². The Kier molecular flexibility index (Phi) is 4.77. The number of benzene rings is 1. The molecule has 1 saturated heterocycles. The third kappa shape index (κ3) is 3.93. The van der Waals surface area contributed by atoms with Crippen LogP contribution in [-0.2, 0) is 9.59 Å². The van der Waals surface area contributed by atoms with Gasteiger partial charge in [0, 0.05) is 25.8 Å². The summed E-state index contributed by atoms with van der Waals surface area (Å²) in [6.45, 7) is 1.08. The van der Waals surface area contributed by atoms with E-state index >= 15 is 0 Å². The zero-order valence-corrected chi connectivity index (χ0v) is 12.0. The van der Waals surface area contributed by atoms with E-state index in [0.29, 0.717) is 31.6 Å². The van der Waals surface area contributed by atoms with Gasteiger partial charge in [0.05, 0.1) is 12.5 Å². The Balaban J connectivity index is 1.89. The summed E-state index contributed by atoms with van der Waals surface area (Å²) in [5, 5.41) is 8.94. The number of anilines is 1. The lowest BCUT2D eigenvalue weighted by molar-refractivity contribution is -0.145. The van der Waals surface area contributed by atoms with Crippen LogP contribution in [0.15, 0.2) is 24.3 Å². The van der Waals surface area contributed by atoms with Gasteiger partial charge < -0.3 is 14.9 Å². The molecule has 0 aromatic heterocycles. The van der Waals surface area contributed by atoms with Crippen LogP contribution in [0.25, 0.3) is 0 Å². The number of carbonyl (C=O) groups excluding carboxylic acids is 1. The van der Waals surface area contributed by atoms with Crippen molar-refractivity contribution in [1.82, 2.24) is 4.90 Å². The first-order valence-electron chi connectivity index (χ1n) is 6.94. The first kappa shape index (κ1) is 15.3. The molecule has 1 amide bonds. The van der Waals surface area contributed by atoms with Crippen molar-refractivity contribution in [1.29, 1.82) is 0 Å². The van der Waals surface area contributed by atoms with Gasteiger partial charge in [0.2, 0.25) is 5.91 Å². The van der Waals surface area contributed by atoms with Gasteiger partial charge in [-0.1, -0.05) is 6.07 Å². The number of hydrogen-bond donors (Lipinski definition) is 1. The van der Waals surface area contributed by atoms with Crippen LogP contribution in [0.5, 0.6) is 0 Å². The summed E-state index contributed by atoms with van der Waals surface area (Å²) in [7, 11) is 1.73. The molecule has 0 unspecified atom stereocenters. The van der Waals surface area contributed by atoms with E-state index in [4.69, 9.17) is 5.11 Å².